The molecule has 1 aliphatic heterocycles. The Morgan fingerprint density at radius 3 is 2.73 bits per heavy atom. The van der Waals surface area contributed by atoms with Gasteiger partial charge in [-0.3, -0.25) is 4.90 Å². The molecule has 0 radical (unpaired) electrons. The van der Waals surface area contributed by atoms with E-state index in [1.165, 1.54) is 0 Å². The van der Waals surface area contributed by atoms with Gasteiger partial charge in [0.15, 0.2) is 0 Å². The van der Waals surface area contributed by atoms with Gasteiger partial charge in [-0.25, -0.2) is 4.98 Å². The second kappa shape index (κ2) is 11.0. The Morgan fingerprint density at radius 2 is 1.94 bits per heavy atom. The Balaban J connectivity index is 1.29. The zero-order chi connectivity index (χ0) is 23.1. The number of aliphatic hydroxyl groups is 2. The molecule has 1 aliphatic rings. The van der Waals surface area contributed by atoms with Crippen molar-refractivity contribution < 1.29 is 19.7 Å². The molecule has 7 nitrogen and oxygen atoms in total. The molecule has 33 heavy (non-hydrogen) atoms. The Labute approximate surface area is 199 Å². The molecule has 176 valence electrons. The summed E-state index contributed by atoms with van der Waals surface area (Å²) in [7, 11) is 0. The third kappa shape index (κ3) is 6.71. The molecule has 0 bridgehead atoms. The summed E-state index contributed by atoms with van der Waals surface area (Å²) in [4.78, 5) is 6.17. The summed E-state index contributed by atoms with van der Waals surface area (Å²) in [5.41, 5.74) is -0.265. The summed E-state index contributed by atoms with van der Waals surface area (Å²) in [5, 5.41) is 22.1. The zero-order valence-electron chi connectivity index (χ0n) is 18.5. The number of β-amino-alcohol motifs (C(OH)–C–C–N with tert-alkyl or cyclic N) is 1. The van der Waals surface area contributed by atoms with Crippen LogP contribution in [0.5, 0.6) is 11.5 Å². The van der Waals surface area contributed by atoms with E-state index in [1.807, 2.05) is 35.0 Å². The van der Waals surface area contributed by atoms with E-state index >= 15 is 0 Å². The van der Waals surface area contributed by atoms with Crippen LogP contribution in [0, 0.1) is 0 Å². The van der Waals surface area contributed by atoms with Crippen LogP contribution in [-0.2, 0) is 13.1 Å². The number of rotatable bonds is 10. The maximum atomic E-state index is 11.1. The molecule has 0 saturated carbocycles. The average molecular weight is 472 g/mol. The molecule has 0 aliphatic carbocycles. The molecule has 1 aromatic heterocycles. The minimum Gasteiger partial charge on any atom is -0.494 e. The number of nitrogens with zero attached hydrogens (tertiary/aromatic N) is 3. The van der Waals surface area contributed by atoms with Crippen LogP contribution in [0.25, 0.3) is 0 Å². The first-order chi connectivity index (χ1) is 16.0. The number of halogens is 1. The second-order valence-electron chi connectivity index (χ2n) is 8.51. The van der Waals surface area contributed by atoms with Crippen molar-refractivity contribution in [1.29, 1.82) is 0 Å². The SMILES string of the molecule is O[C@H]1CCN(Cc2cccc(OCCCn3ccnc3)c2)C[C@]1(O)COc1cccc(Cl)c1. The van der Waals surface area contributed by atoms with E-state index in [1.54, 1.807) is 36.8 Å². The number of benzene rings is 2. The van der Waals surface area contributed by atoms with Crippen molar-refractivity contribution >= 4 is 11.6 Å². The normalized spacial score (nSPS) is 21.1. The molecule has 0 amide bonds. The lowest BCUT2D eigenvalue weighted by molar-refractivity contribution is -0.140. The van der Waals surface area contributed by atoms with Crippen molar-refractivity contribution in [3.8, 4) is 11.5 Å². The monoisotopic (exact) mass is 471 g/mol. The zero-order valence-corrected chi connectivity index (χ0v) is 19.3. The van der Waals surface area contributed by atoms with Gasteiger partial charge in [-0.05, 0) is 48.7 Å². The Bertz CT molecular complexity index is 1020. The molecule has 2 aromatic carbocycles. The molecule has 2 N–H and O–H groups in total. The van der Waals surface area contributed by atoms with Crippen LogP contribution in [0.1, 0.15) is 18.4 Å². The van der Waals surface area contributed by atoms with E-state index in [4.69, 9.17) is 21.1 Å². The molecule has 2 atom stereocenters. The molecule has 1 saturated heterocycles. The number of piperidine rings is 1. The summed E-state index contributed by atoms with van der Waals surface area (Å²) in [6.45, 7) is 3.13. The first-order valence-electron chi connectivity index (χ1n) is 11.2. The fourth-order valence-electron chi connectivity index (χ4n) is 4.04. The molecule has 0 unspecified atom stereocenters. The van der Waals surface area contributed by atoms with Gasteiger partial charge in [0.25, 0.3) is 0 Å². The lowest BCUT2D eigenvalue weighted by Gasteiger charge is -2.42. The summed E-state index contributed by atoms with van der Waals surface area (Å²) < 4.78 is 13.7. The highest BCUT2D eigenvalue weighted by molar-refractivity contribution is 6.30. The van der Waals surface area contributed by atoms with E-state index in [-0.39, 0.29) is 6.61 Å². The van der Waals surface area contributed by atoms with E-state index in [2.05, 4.69) is 9.88 Å². The van der Waals surface area contributed by atoms with Gasteiger partial charge >= 0.3 is 0 Å². The van der Waals surface area contributed by atoms with Crippen LogP contribution in [0.4, 0.5) is 0 Å². The first-order valence-corrected chi connectivity index (χ1v) is 11.6. The van der Waals surface area contributed by atoms with E-state index in [0.717, 1.165) is 24.3 Å². The summed E-state index contributed by atoms with van der Waals surface area (Å²) in [5.74, 6) is 1.40. The number of aromatic nitrogens is 2. The van der Waals surface area contributed by atoms with Gasteiger partial charge in [-0.2, -0.15) is 0 Å². The molecular weight excluding hydrogens is 442 g/mol. The van der Waals surface area contributed by atoms with Crippen LogP contribution in [-0.4, -0.2) is 62.7 Å². The van der Waals surface area contributed by atoms with Gasteiger partial charge in [0.1, 0.15) is 23.7 Å². The topological polar surface area (TPSA) is 80.0 Å². The number of imidazole rings is 1. The largest absolute Gasteiger partial charge is 0.494 e. The second-order valence-corrected chi connectivity index (χ2v) is 8.95. The fraction of sp³-hybridized carbons (Fsp3) is 0.400. The van der Waals surface area contributed by atoms with Gasteiger partial charge in [-0.1, -0.05) is 29.8 Å². The molecule has 8 heteroatoms. The van der Waals surface area contributed by atoms with Gasteiger partial charge < -0.3 is 24.3 Å². The molecule has 0 spiro atoms. The van der Waals surface area contributed by atoms with Crippen molar-refractivity contribution in [2.75, 3.05) is 26.3 Å². The van der Waals surface area contributed by atoms with Crippen LogP contribution in [0.15, 0.2) is 67.3 Å². The Kier molecular flexibility index (Phi) is 7.88. The molecule has 3 aromatic rings. The van der Waals surface area contributed by atoms with Crippen LogP contribution in [0.3, 0.4) is 0 Å². The predicted octanol–water partition coefficient (Wildman–Crippen LogP) is 3.38. The number of aliphatic hydroxyl groups excluding tert-OH is 1. The third-order valence-electron chi connectivity index (χ3n) is 5.81. The first kappa shape index (κ1) is 23.6. The summed E-state index contributed by atoms with van der Waals surface area (Å²) in [6.07, 6.45) is 6.03. The van der Waals surface area contributed by atoms with Crippen molar-refractivity contribution in [1.82, 2.24) is 14.5 Å². The van der Waals surface area contributed by atoms with Crippen molar-refractivity contribution in [2.45, 2.75) is 37.6 Å². The van der Waals surface area contributed by atoms with E-state index in [9.17, 15) is 10.2 Å². The summed E-state index contributed by atoms with van der Waals surface area (Å²) >= 11 is 6.01. The third-order valence-corrected chi connectivity index (χ3v) is 6.05. The highest BCUT2D eigenvalue weighted by atomic mass is 35.5. The van der Waals surface area contributed by atoms with Crippen LogP contribution < -0.4 is 9.47 Å². The highest BCUT2D eigenvalue weighted by Gasteiger charge is 2.42. The fourth-order valence-corrected chi connectivity index (χ4v) is 4.22. The number of aryl methyl sites for hydroxylation is 1. The maximum absolute atomic E-state index is 11.1. The lowest BCUT2D eigenvalue weighted by Crippen LogP contribution is -2.59. The minimum absolute atomic E-state index is 0.00885. The maximum Gasteiger partial charge on any atom is 0.137 e. The standard InChI is InChI=1S/C25H30ClN3O4/c26-21-5-2-7-23(15-21)33-18-25(31)17-29(11-8-24(25)30)16-20-4-1-6-22(14-20)32-13-3-10-28-12-9-27-19-28/h1-2,4-7,9,12,14-15,19,24,30-31H,3,8,10-11,13,16-18H2/t24-,25-/m0/s1. The minimum atomic E-state index is -1.36. The predicted molar refractivity (Wildman–Crippen MR) is 127 cm³/mol. The number of ether oxygens (including phenoxy) is 2. The molecule has 4 rings (SSSR count). The number of hydrogen-bond donors (Lipinski definition) is 2. The molecule has 1 fully saturated rings. The van der Waals surface area contributed by atoms with Gasteiger partial charge in [0.05, 0.1) is 19.0 Å². The number of hydrogen-bond acceptors (Lipinski definition) is 6. The van der Waals surface area contributed by atoms with Crippen molar-refractivity contribution in [3.05, 3.63) is 77.8 Å². The van der Waals surface area contributed by atoms with Crippen LogP contribution >= 0.6 is 11.6 Å². The smallest absolute Gasteiger partial charge is 0.137 e. The highest BCUT2D eigenvalue weighted by Crippen LogP contribution is 2.26. The Hall–Kier alpha value is -2.58. The lowest BCUT2D eigenvalue weighted by atomic mass is 9.90. The number of likely N-dealkylation sites (tertiary alicyclic amines) is 1. The Morgan fingerprint density at radius 1 is 1.12 bits per heavy atom. The van der Waals surface area contributed by atoms with E-state index < -0.39 is 11.7 Å². The average Bonchev–Trinajstić information content (AvgIpc) is 3.32. The van der Waals surface area contributed by atoms with Crippen molar-refractivity contribution in [2.24, 2.45) is 0 Å². The summed E-state index contributed by atoms with van der Waals surface area (Å²) in [6, 6.07) is 15.0. The van der Waals surface area contributed by atoms with Gasteiger partial charge in [0, 0.05) is 43.6 Å². The molecule has 2 heterocycles. The van der Waals surface area contributed by atoms with Gasteiger partial charge in [-0.15, -0.1) is 0 Å². The van der Waals surface area contributed by atoms with Crippen molar-refractivity contribution in [3.63, 3.8) is 0 Å². The van der Waals surface area contributed by atoms with Crippen LogP contribution in [0.2, 0.25) is 5.02 Å². The molecular formula is C25H30ClN3O4. The van der Waals surface area contributed by atoms with Gasteiger partial charge in [0.2, 0.25) is 0 Å². The quantitative estimate of drug-likeness (QED) is 0.441. The van der Waals surface area contributed by atoms with E-state index in [0.29, 0.717) is 43.4 Å².